The second-order valence-corrected chi connectivity index (χ2v) is 20.3. The maximum Gasteiger partial charge on any atom is 0.312 e. The monoisotopic (exact) mass is 884 g/mol. The zero-order valence-electron chi connectivity index (χ0n) is 35.6. The molecule has 2 aromatic carbocycles. The van der Waals surface area contributed by atoms with Crippen molar-refractivity contribution in [2.45, 2.75) is 87.1 Å². The van der Waals surface area contributed by atoms with Gasteiger partial charge in [0.25, 0.3) is 15.9 Å². The van der Waals surface area contributed by atoms with Crippen LogP contribution in [0.4, 0.5) is 17.2 Å². The van der Waals surface area contributed by atoms with Gasteiger partial charge in [-0.2, -0.15) is 5.10 Å². The summed E-state index contributed by atoms with van der Waals surface area (Å²) in [5, 5.41) is 20.7. The molecule has 0 radical (unpaired) electrons. The number of piperidine rings is 1. The fraction of sp³-hybridized carbons (Fsp3) is 0.447. The highest BCUT2D eigenvalue weighted by molar-refractivity contribution is 7.90. The lowest BCUT2D eigenvalue weighted by molar-refractivity contribution is -0.384. The first-order chi connectivity index (χ1) is 31.1. The van der Waals surface area contributed by atoms with Gasteiger partial charge in [0.1, 0.15) is 16.1 Å². The number of nitrogens with one attached hydrogen (secondary N) is 3. The first-order valence-corrected chi connectivity index (χ1v) is 24.2. The number of aromatic nitrogens is 5. The number of hydrogen-bond donors (Lipinski definition) is 3. The smallest absolute Gasteiger partial charge is 0.312 e. The van der Waals surface area contributed by atoms with E-state index in [4.69, 9.17) is 9.72 Å². The molecule has 0 bridgehead atoms. The summed E-state index contributed by atoms with van der Waals surface area (Å²) in [5.41, 5.74) is 6.22. The molecule has 0 unspecified atom stereocenters. The maximum atomic E-state index is 14.2. The van der Waals surface area contributed by atoms with Crippen LogP contribution in [-0.2, 0) is 14.8 Å². The topological polar surface area (TPSA) is 194 Å². The number of carbonyl (C=O) groups is 1. The van der Waals surface area contributed by atoms with Gasteiger partial charge < -0.3 is 19.9 Å². The number of aromatic amines is 1. The lowest BCUT2D eigenvalue weighted by atomic mass is 9.59. The van der Waals surface area contributed by atoms with Gasteiger partial charge in [-0.15, -0.1) is 0 Å². The van der Waals surface area contributed by atoms with Crippen molar-refractivity contribution in [2.24, 2.45) is 11.3 Å². The molecule has 17 heteroatoms. The highest BCUT2D eigenvalue weighted by atomic mass is 32.2. The highest BCUT2D eigenvalue weighted by Crippen LogP contribution is 2.55. The Morgan fingerprint density at radius 3 is 2.53 bits per heavy atom. The molecule has 5 fully saturated rings. The van der Waals surface area contributed by atoms with Gasteiger partial charge in [-0.05, 0) is 129 Å². The third-order valence-electron chi connectivity index (χ3n) is 14.7. The van der Waals surface area contributed by atoms with E-state index in [1.165, 1.54) is 45.1 Å². The molecule has 5 aliphatic rings. The molecule has 4 aromatic heterocycles. The van der Waals surface area contributed by atoms with Crippen LogP contribution in [-0.4, -0.2) is 94.3 Å². The Morgan fingerprint density at radius 2 is 1.75 bits per heavy atom. The third kappa shape index (κ3) is 7.66. The molecule has 3 saturated heterocycles. The van der Waals surface area contributed by atoms with Crippen LogP contribution in [0.1, 0.15) is 97.7 Å². The number of nitrogens with zero attached hydrogens (tertiary/aromatic N) is 7. The molecule has 11 rings (SSSR count). The largest absolute Gasteiger partial charge is 0.381 e. The maximum absolute atomic E-state index is 14.2. The standard InChI is InChI=1S/C47H52N10O6S/c58-46(53-64(61,62)35-24-43(57(59)60)45(50-28-35)49-27-30-12-20-63-21-13-30)38-10-9-33(23-41(38)56-42-22-32-11-16-48-44(32)52-39(42)29-51-56)54-18-14-47(15-19-54)25-34(26-47)55-17-3-6-40(55)37-5-2-1-4-36(37)31-7-8-31/h1-2,4-5,9-11,16,22-24,28-31,34,40H,3,6-8,12-15,17-21,25-27H2,(H,48,52)(H,49,50)(H,53,58)/t40-/m0/s1. The summed E-state index contributed by atoms with van der Waals surface area (Å²) in [4.78, 5) is 42.3. The zero-order chi connectivity index (χ0) is 43.6. The van der Waals surface area contributed by atoms with Crippen LogP contribution in [0.3, 0.4) is 0 Å². The summed E-state index contributed by atoms with van der Waals surface area (Å²) < 4.78 is 36.8. The Labute approximate surface area is 371 Å². The van der Waals surface area contributed by atoms with Crippen molar-refractivity contribution in [1.82, 2.24) is 34.4 Å². The van der Waals surface area contributed by atoms with Crippen molar-refractivity contribution in [2.75, 3.05) is 49.6 Å². The lowest BCUT2D eigenvalue weighted by Crippen LogP contribution is -2.55. The Balaban J connectivity index is 0.831. The summed E-state index contributed by atoms with van der Waals surface area (Å²) in [5.74, 6) is 0.0318. The van der Waals surface area contributed by atoms with E-state index >= 15 is 0 Å². The number of pyridine rings is 2. The van der Waals surface area contributed by atoms with Crippen molar-refractivity contribution < 1.29 is 22.9 Å². The van der Waals surface area contributed by atoms with Crippen molar-refractivity contribution in [3.63, 3.8) is 0 Å². The number of fused-ring (bicyclic) bond motifs is 2. The van der Waals surface area contributed by atoms with E-state index in [1.54, 1.807) is 34.3 Å². The number of carbonyl (C=O) groups excluding carboxylic acids is 1. The van der Waals surface area contributed by atoms with E-state index in [1.807, 2.05) is 24.3 Å². The normalized spacial score (nSPS) is 20.8. The summed E-state index contributed by atoms with van der Waals surface area (Å²) in [6.07, 6.45) is 15.8. The molecule has 16 nitrogen and oxygen atoms in total. The minimum absolute atomic E-state index is 0.0402. The molecule has 2 aliphatic carbocycles. The summed E-state index contributed by atoms with van der Waals surface area (Å²) in [6, 6.07) is 20.5. The SMILES string of the molecule is O=C(NS(=O)(=O)c1cnc(NCC2CCOCC2)c([N+](=O)[O-])c1)c1ccc(N2CCC3(CC2)CC(N2CCC[C@H]2c2ccccc2C2CC2)C3)cc1-n1ncc2nc3[nH]ccc3cc21. The predicted octanol–water partition coefficient (Wildman–Crippen LogP) is 7.63. The fourth-order valence-electron chi connectivity index (χ4n) is 10.9. The number of amides is 1. The van der Waals surface area contributed by atoms with Gasteiger partial charge in [-0.3, -0.25) is 19.8 Å². The summed E-state index contributed by atoms with van der Waals surface area (Å²) in [7, 11) is -4.61. The van der Waals surface area contributed by atoms with Crippen LogP contribution in [0.2, 0.25) is 0 Å². The molecule has 64 heavy (non-hydrogen) atoms. The van der Waals surface area contributed by atoms with E-state index in [-0.39, 0.29) is 17.3 Å². The van der Waals surface area contributed by atoms with Crippen LogP contribution < -0.4 is 14.9 Å². The number of benzene rings is 2. The molecule has 1 amide bonds. The van der Waals surface area contributed by atoms with Gasteiger partial charge in [-0.1, -0.05) is 24.3 Å². The fourth-order valence-corrected chi connectivity index (χ4v) is 11.9. The van der Waals surface area contributed by atoms with Gasteiger partial charge >= 0.3 is 5.69 Å². The Bertz CT molecular complexity index is 2870. The first-order valence-electron chi connectivity index (χ1n) is 22.7. The van der Waals surface area contributed by atoms with Gasteiger partial charge in [0.05, 0.1) is 34.1 Å². The number of hydrogen-bond acceptors (Lipinski definition) is 12. The van der Waals surface area contributed by atoms with Crippen molar-refractivity contribution in [3.8, 4) is 5.69 Å². The number of nitro groups is 1. The third-order valence-corrected chi connectivity index (χ3v) is 16.0. The van der Waals surface area contributed by atoms with Crippen molar-refractivity contribution in [3.05, 3.63) is 106 Å². The van der Waals surface area contributed by atoms with E-state index in [9.17, 15) is 23.3 Å². The van der Waals surface area contributed by atoms with Crippen LogP contribution in [0.15, 0.2) is 84.1 Å². The Hall–Kier alpha value is -5.91. The van der Waals surface area contributed by atoms with Crippen molar-refractivity contribution in [1.29, 1.82) is 0 Å². The number of H-pyrrole nitrogens is 1. The molecule has 2 saturated carbocycles. The van der Waals surface area contributed by atoms with Crippen LogP contribution >= 0.6 is 0 Å². The second kappa shape index (κ2) is 16.3. The van der Waals surface area contributed by atoms with Gasteiger partial charge in [0.15, 0.2) is 0 Å². The minimum Gasteiger partial charge on any atom is -0.381 e. The summed E-state index contributed by atoms with van der Waals surface area (Å²) >= 11 is 0. The molecule has 3 aliphatic heterocycles. The van der Waals surface area contributed by atoms with Gasteiger partial charge in [0.2, 0.25) is 5.82 Å². The van der Waals surface area contributed by atoms with Gasteiger partial charge in [0, 0.05) is 68.3 Å². The minimum atomic E-state index is -4.61. The number of rotatable bonds is 12. The van der Waals surface area contributed by atoms with E-state index in [0.29, 0.717) is 59.6 Å². The molecule has 1 spiro atoms. The molecule has 3 N–H and O–H groups in total. The second-order valence-electron chi connectivity index (χ2n) is 18.6. The van der Waals surface area contributed by atoms with E-state index < -0.39 is 31.4 Å². The lowest BCUT2D eigenvalue weighted by Gasteiger charge is -2.56. The molecule has 6 aromatic rings. The molecule has 7 heterocycles. The highest BCUT2D eigenvalue weighted by Gasteiger charge is 2.50. The van der Waals surface area contributed by atoms with Crippen molar-refractivity contribution >= 4 is 55.2 Å². The number of sulfonamides is 1. The molecule has 1 atom stereocenters. The molecule has 332 valence electrons. The quantitative estimate of drug-likeness (QED) is 0.0805. The number of likely N-dealkylation sites (tertiary alicyclic amines) is 1. The summed E-state index contributed by atoms with van der Waals surface area (Å²) in [6.45, 7) is 4.55. The zero-order valence-corrected chi connectivity index (χ0v) is 36.4. The van der Waals surface area contributed by atoms with Crippen LogP contribution in [0.5, 0.6) is 0 Å². The number of ether oxygens (including phenoxy) is 1. The molecular weight excluding hydrogens is 833 g/mol. The van der Waals surface area contributed by atoms with Crippen LogP contribution in [0, 0.1) is 21.4 Å². The predicted molar refractivity (Wildman–Crippen MR) is 242 cm³/mol. The average molecular weight is 885 g/mol. The Kier molecular flexibility index (Phi) is 10.4. The molecular formula is C47H52N10O6S. The van der Waals surface area contributed by atoms with E-state index in [0.717, 1.165) is 68.0 Å². The average Bonchev–Trinajstić information content (AvgIpc) is 3.63. The first kappa shape index (κ1) is 40.8. The van der Waals surface area contributed by atoms with Crippen LogP contribution in [0.25, 0.3) is 27.8 Å². The Morgan fingerprint density at radius 1 is 0.953 bits per heavy atom. The van der Waals surface area contributed by atoms with E-state index in [2.05, 4.69) is 59.2 Å². The van der Waals surface area contributed by atoms with Gasteiger partial charge in [-0.25, -0.2) is 27.8 Å². The number of anilines is 2.